The zero-order valence-corrected chi connectivity index (χ0v) is 12.0. The molecular formula is C16H23NO2. The summed E-state index contributed by atoms with van der Waals surface area (Å²) in [7, 11) is 3.77. The maximum absolute atomic E-state index is 6.01. The average molecular weight is 261 g/mol. The Morgan fingerprint density at radius 2 is 2.21 bits per heavy atom. The normalized spacial score (nSPS) is 30.6. The number of aryl methyl sites for hydroxylation is 1. The van der Waals surface area contributed by atoms with Crippen LogP contribution >= 0.6 is 0 Å². The van der Waals surface area contributed by atoms with Gasteiger partial charge in [-0.15, -0.1) is 0 Å². The van der Waals surface area contributed by atoms with Crippen LogP contribution in [0.25, 0.3) is 0 Å². The maximum atomic E-state index is 6.01. The highest BCUT2D eigenvalue weighted by molar-refractivity contribution is 5.37. The van der Waals surface area contributed by atoms with E-state index in [1.807, 2.05) is 0 Å². The molecule has 1 aromatic carbocycles. The molecule has 19 heavy (non-hydrogen) atoms. The lowest BCUT2D eigenvalue weighted by Crippen LogP contribution is -2.32. The minimum Gasteiger partial charge on any atom is -0.497 e. The fraction of sp³-hybridized carbons (Fsp3) is 0.625. The van der Waals surface area contributed by atoms with E-state index in [1.54, 1.807) is 7.11 Å². The monoisotopic (exact) mass is 261 g/mol. The second-order valence-corrected chi connectivity index (χ2v) is 5.76. The number of nitrogens with one attached hydrogen (secondary N) is 1. The predicted octanol–water partition coefficient (Wildman–Crippen LogP) is 2.83. The van der Waals surface area contributed by atoms with Crippen molar-refractivity contribution in [1.29, 1.82) is 0 Å². The van der Waals surface area contributed by atoms with Crippen molar-refractivity contribution >= 4 is 0 Å². The Morgan fingerprint density at radius 3 is 2.74 bits per heavy atom. The molecular weight excluding hydrogens is 238 g/mol. The lowest BCUT2D eigenvalue weighted by Gasteiger charge is -2.29. The molecule has 2 bridgehead atoms. The van der Waals surface area contributed by atoms with Gasteiger partial charge in [0.05, 0.1) is 19.3 Å². The van der Waals surface area contributed by atoms with E-state index in [9.17, 15) is 0 Å². The van der Waals surface area contributed by atoms with Crippen molar-refractivity contribution in [2.24, 2.45) is 5.92 Å². The van der Waals surface area contributed by atoms with Gasteiger partial charge in [-0.3, -0.25) is 0 Å². The summed E-state index contributed by atoms with van der Waals surface area (Å²) >= 11 is 0. The molecule has 2 aliphatic rings. The minimum absolute atomic E-state index is 0.390. The van der Waals surface area contributed by atoms with E-state index < -0.39 is 0 Å². The molecule has 0 aliphatic carbocycles. The Bertz CT molecular complexity index is 460. The predicted molar refractivity (Wildman–Crippen MR) is 75.5 cm³/mol. The molecule has 2 fully saturated rings. The number of fused-ring (bicyclic) bond motifs is 2. The van der Waals surface area contributed by atoms with Gasteiger partial charge < -0.3 is 14.8 Å². The highest BCUT2D eigenvalue weighted by Gasteiger charge is 2.44. The van der Waals surface area contributed by atoms with Gasteiger partial charge in [0.25, 0.3) is 0 Å². The van der Waals surface area contributed by atoms with Gasteiger partial charge >= 0.3 is 0 Å². The summed E-state index contributed by atoms with van der Waals surface area (Å²) in [5.41, 5.74) is 2.67. The maximum Gasteiger partial charge on any atom is 0.119 e. The molecule has 2 heterocycles. The number of ether oxygens (including phenoxy) is 2. The molecule has 3 heteroatoms. The highest BCUT2D eigenvalue weighted by atomic mass is 16.5. The van der Waals surface area contributed by atoms with Gasteiger partial charge in [0.2, 0.25) is 0 Å². The van der Waals surface area contributed by atoms with Crippen LogP contribution in [0.3, 0.4) is 0 Å². The van der Waals surface area contributed by atoms with Crippen LogP contribution in [0.15, 0.2) is 18.2 Å². The second kappa shape index (κ2) is 5.14. The quantitative estimate of drug-likeness (QED) is 0.904. The van der Waals surface area contributed by atoms with Crippen LogP contribution in [0.4, 0.5) is 0 Å². The standard InChI is InChI=1S/C16H23NO2/c1-10-8-11(18-3)4-6-13(10)16(17-2)14-9-12-5-7-15(14)19-12/h4,6,8,12,14-17H,5,7,9H2,1-3H3. The van der Waals surface area contributed by atoms with Crippen LogP contribution in [-0.2, 0) is 4.74 Å². The van der Waals surface area contributed by atoms with Gasteiger partial charge in [-0.1, -0.05) is 6.07 Å². The molecule has 3 rings (SSSR count). The van der Waals surface area contributed by atoms with Gasteiger partial charge in [-0.25, -0.2) is 0 Å². The number of hydrogen-bond acceptors (Lipinski definition) is 3. The molecule has 0 spiro atoms. The van der Waals surface area contributed by atoms with Gasteiger partial charge in [-0.2, -0.15) is 0 Å². The number of rotatable bonds is 4. The molecule has 104 valence electrons. The van der Waals surface area contributed by atoms with Crippen molar-refractivity contribution in [1.82, 2.24) is 5.32 Å². The Labute approximate surface area is 115 Å². The smallest absolute Gasteiger partial charge is 0.119 e. The molecule has 2 aliphatic heterocycles. The van der Waals surface area contributed by atoms with Gasteiger partial charge in [-0.05, 0) is 56.5 Å². The van der Waals surface area contributed by atoms with E-state index >= 15 is 0 Å². The summed E-state index contributed by atoms with van der Waals surface area (Å²) in [6.07, 6.45) is 4.62. The SMILES string of the molecule is CNC(c1ccc(OC)cc1C)C1CC2CCC1O2. The van der Waals surface area contributed by atoms with E-state index in [-0.39, 0.29) is 0 Å². The fourth-order valence-electron chi connectivity index (χ4n) is 3.75. The van der Waals surface area contributed by atoms with Gasteiger partial charge in [0.1, 0.15) is 5.75 Å². The molecule has 2 saturated heterocycles. The number of methoxy groups -OCH3 is 1. The second-order valence-electron chi connectivity index (χ2n) is 5.76. The molecule has 4 unspecified atom stereocenters. The first kappa shape index (κ1) is 12.9. The third kappa shape index (κ3) is 2.26. The lowest BCUT2D eigenvalue weighted by atomic mass is 9.80. The fourth-order valence-corrected chi connectivity index (χ4v) is 3.75. The zero-order chi connectivity index (χ0) is 13.4. The molecule has 3 nitrogen and oxygen atoms in total. The lowest BCUT2D eigenvalue weighted by molar-refractivity contribution is 0.0862. The summed E-state index contributed by atoms with van der Waals surface area (Å²) in [5.74, 6) is 1.54. The topological polar surface area (TPSA) is 30.5 Å². The van der Waals surface area contributed by atoms with Crippen molar-refractivity contribution in [3.05, 3.63) is 29.3 Å². The molecule has 0 saturated carbocycles. The Morgan fingerprint density at radius 1 is 1.37 bits per heavy atom. The van der Waals surface area contributed by atoms with Crippen LogP contribution in [0.5, 0.6) is 5.75 Å². The average Bonchev–Trinajstić information content (AvgIpc) is 3.04. The van der Waals surface area contributed by atoms with Gasteiger partial charge in [0, 0.05) is 12.0 Å². The number of hydrogen-bond donors (Lipinski definition) is 1. The van der Waals surface area contributed by atoms with Crippen molar-refractivity contribution in [3.8, 4) is 5.75 Å². The summed E-state index contributed by atoms with van der Waals surface area (Å²) < 4.78 is 11.3. The molecule has 1 aromatic rings. The summed E-state index contributed by atoms with van der Waals surface area (Å²) in [6.45, 7) is 2.16. The van der Waals surface area contributed by atoms with Crippen molar-refractivity contribution in [3.63, 3.8) is 0 Å². The summed E-state index contributed by atoms with van der Waals surface area (Å²) in [5, 5.41) is 3.50. The van der Waals surface area contributed by atoms with Crippen molar-refractivity contribution < 1.29 is 9.47 Å². The molecule has 1 N–H and O–H groups in total. The van der Waals surface area contributed by atoms with E-state index in [0.717, 1.165) is 5.75 Å². The number of benzene rings is 1. The van der Waals surface area contributed by atoms with Crippen LogP contribution in [0, 0.1) is 12.8 Å². The first-order valence-electron chi connectivity index (χ1n) is 7.20. The Hall–Kier alpha value is -1.06. The first-order chi connectivity index (χ1) is 9.22. The first-order valence-corrected chi connectivity index (χ1v) is 7.20. The third-order valence-corrected chi connectivity index (χ3v) is 4.70. The molecule has 0 aromatic heterocycles. The van der Waals surface area contributed by atoms with E-state index in [0.29, 0.717) is 24.2 Å². The van der Waals surface area contributed by atoms with Crippen LogP contribution < -0.4 is 10.1 Å². The third-order valence-electron chi connectivity index (χ3n) is 4.70. The van der Waals surface area contributed by atoms with Gasteiger partial charge in [0.15, 0.2) is 0 Å². The van der Waals surface area contributed by atoms with Crippen LogP contribution in [0.1, 0.15) is 36.4 Å². The Balaban J connectivity index is 1.86. The van der Waals surface area contributed by atoms with Crippen LogP contribution in [0.2, 0.25) is 0 Å². The minimum atomic E-state index is 0.390. The van der Waals surface area contributed by atoms with Crippen LogP contribution in [-0.4, -0.2) is 26.4 Å². The molecule has 0 radical (unpaired) electrons. The summed E-state index contributed by atoms with van der Waals surface area (Å²) in [6, 6.07) is 6.76. The van der Waals surface area contributed by atoms with E-state index in [1.165, 1.54) is 30.4 Å². The van der Waals surface area contributed by atoms with Crippen molar-refractivity contribution in [2.75, 3.05) is 14.2 Å². The summed E-state index contributed by atoms with van der Waals surface area (Å²) in [4.78, 5) is 0. The largest absolute Gasteiger partial charge is 0.497 e. The van der Waals surface area contributed by atoms with Crippen molar-refractivity contribution in [2.45, 2.75) is 44.4 Å². The van der Waals surface area contributed by atoms with E-state index in [4.69, 9.17) is 9.47 Å². The molecule has 4 atom stereocenters. The van der Waals surface area contributed by atoms with E-state index in [2.05, 4.69) is 37.5 Å². The Kier molecular flexibility index (Phi) is 3.50. The highest BCUT2D eigenvalue weighted by Crippen LogP contribution is 2.45. The zero-order valence-electron chi connectivity index (χ0n) is 12.0. The molecule has 0 amide bonds.